The molecule has 2 heterocycles. The van der Waals surface area contributed by atoms with Gasteiger partial charge in [0.15, 0.2) is 0 Å². The minimum absolute atomic E-state index is 0.251. The zero-order valence-corrected chi connectivity index (χ0v) is 14.0. The lowest BCUT2D eigenvalue weighted by Gasteiger charge is -2.41. The summed E-state index contributed by atoms with van der Waals surface area (Å²) in [6.07, 6.45) is 11.5. The fourth-order valence-corrected chi connectivity index (χ4v) is 4.10. The summed E-state index contributed by atoms with van der Waals surface area (Å²) < 4.78 is 0. The minimum atomic E-state index is 0.251. The molecule has 2 aliphatic heterocycles. The van der Waals surface area contributed by atoms with E-state index in [-0.39, 0.29) is 5.92 Å². The van der Waals surface area contributed by atoms with Crippen LogP contribution >= 0.6 is 0 Å². The van der Waals surface area contributed by atoms with Crippen LogP contribution < -0.4 is 0 Å². The molecular weight excluding hydrogens is 274 g/mol. The molecule has 22 heavy (non-hydrogen) atoms. The van der Waals surface area contributed by atoms with Crippen molar-refractivity contribution < 1.29 is 4.79 Å². The maximum Gasteiger partial charge on any atom is 0.226 e. The fraction of sp³-hybridized carbons (Fsp3) is 0.833. The average Bonchev–Trinajstić information content (AvgIpc) is 2.58. The van der Waals surface area contributed by atoms with E-state index in [1.807, 2.05) is 0 Å². The molecule has 0 unspecified atom stereocenters. The molecule has 0 saturated carbocycles. The summed E-state index contributed by atoms with van der Waals surface area (Å²) in [6.45, 7) is 6.39. The van der Waals surface area contributed by atoms with E-state index in [1.54, 1.807) is 0 Å². The van der Waals surface area contributed by atoms with Crippen LogP contribution in [0.25, 0.3) is 0 Å². The second-order valence-corrected chi connectivity index (χ2v) is 7.24. The molecule has 124 valence electrons. The Bertz CT molecular complexity index is 401. The Kier molecular flexibility index (Phi) is 5.53. The average molecular weight is 305 g/mol. The van der Waals surface area contributed by atoms with Gasteiger partial charge in [0.25, 0.3) is 0 Å². The van der Waals surface area contributed by atoms with E-state index in [4.69, 9.17) is 0 Å². The van der Waals surface area contributed by atoms with Crippen molar-refractivity contribution in [2.24, 2.45) is 5.92 Å². The maximum absolute atomic E-state index is 12.6. The highest BCUT2D eigenvalue weighted by molar-refractivity contribution is 5.79. The predicted molar refractivity (Wildman–Crippen MR) is 89.8 cm³/mol. The number of carbonyl (C=O) groups excluding carboxylic acids is 1. The second-order valence-electron chi connectivity index (χ2n) is 7.24. The molecule has 2 atom stereocenters. The number of hydrogen-bond acceptors (Lipinski definition) is 3. The number of nitrogens with zero attached hydrogens (tertiary/aromatic N) is 3. The number of hydrogen-bond donors (Lipinski definition) is 0. The quantitative estimate of drug-likeness (QED) is 0.746. The van der Waals surface area contributed by atoms with E-state index >= 15 is 0 Å². The van der Waals surface area contributed by atoms with Gasteiger partial charge in [-0.25, -0.2) is 0 Å². The Morgan fingerprint density at radius 1 is 1.05 bits per heavy atom. The zero-order chi connectivity index (χ0) is 15.4. The van der Waals surface area contributed by atoms with Crippen molar-refractivity contribution >= 4 is 5.91 Å². The molecular formula is C18H31N3O. The lowest BCUT2D eigenvalue weighted by atomic mass is 9.93. The van der Waals surface area contributed by atoms with E-state index in [2.05, 4.69) is 33.9 Å². The van der Waals surface area contributed by atoms with Gasteiger partial charge in [0.1, 0.15) is 0 Å². The van der Waals surface area contributed by atoms with Gasteiger partial charge in [-0.2, -0.15) is 0 Å². The molecule has 0 radical (unpaired) electrons. The summed E-state index contributed by atoms with van der Waals surface area (Å²) >= 11 is 0. The topological polar surface area (TPSA) is 26.8 Å². The van der Waals surface area contributed by atoms with Crippen molar-refractivity contribution in [3.63, 3.8) is 0 Å². The Morgan fingerprint density at radius 3 is 2.55 bits per heavy atom. The first-order chi connectivity index (χ1) is 10.7. The third kappa shape index (κ3) is 3.90. The summed E-state index contributed by atoms with van der Waals surface area (Å²) in [6, 6.07) is 0.722. The Morgan fingerprint density at radius 2 is 1.86 bits per heavy atom. The standard InChI is InChI=1S/C18H31N3O/c1-19-10-6-5-9-17(19)15-20-11-13-21(14-12-20)18(22)16-7-3-2-4-8-16/h2-3,16-17H,4-15H2,1H3/t16-,17+/m0/s1. The van der Waals surface area contributed by atoms with Crippen LogP contribution in [0.4, 0.5) is 0 Å². The number of likely N-dealkylation sites (tertiary alicyclic amines) is 1. The third-order valence-electron chi connectivity index (χ3n) is 5.69. The molecule has 4 nitrogen and oxygen atoms in total. The van der Waals surface area contributed by atoms with Crippen molar-refractivity contribution in [3.8, 4) is 0 Å². The maximum atomic E-state index is 12.6. The molecule has 4 heteroatoms. The van der Waals surface area contributed by atoms with Gasteiger partial charge < -0.3 is 9.80 Å². The number of likely N-dealkylation sites (N-methyl/N-ethyl adjacent to an activating group) is 1. The summed E-state index contributed by atoms with van der Waals surface area (Å²) in [5.74, 6) is 0.653. The van der Waals surface area contributed by atoms with Crippen molar-refractivity contribution in [2.75, 3.05) is 46.3 Å². The van der Waals surface area contributed by atoms with Gasteiger partial charge in [-0.15, -0.1) is 0 Å². The summed E-state index contributed by atoms with van der Waals surface area (Å²) in [4.78, 5) is 19.8. The first kappa shape index (κ1) is 16.0. The van der Waals surface area contributed by atoms with Gasteiger partial charge in [-0.05, 0) is 45.7 Å². The second kappa shape index (κ2) is 7.60. The Balaban J connectivity index is 1.43. The van der Waals surface area contributed by atoms with Crippen molar-refractivity contribution in [2.45, 2.75) is 44.6 Å². The number of rotatable bonds is 3. The van der Waals surface area contributed by atoms with Crippen LogP contribution in [0.5, 0.6) is 0 Å². The van der Waals surface area contributed by atoms with E-state index in [0.29, 0.717) is 5.91 Å². The monoisotopic (exact) mass is 305 g/mol. The molecule has 0 bridgehead atoms. The van der Waals surface area contributed by atoms with Crippen molar-refractivity contribution in [1.82, 2.24) is 14.7 Å². The highest BCUT2D eigenvalue weighted by Crippen LogP contribution is 2.22. The van der Waals surface area contributed by atoms with Gasteiger partial charge in [-0.1, -0.05) is 18.6 Å². The molecule has 0 N–H and O–H groups in total. The largest absolute Gasteiger partial charge is 0.340 e. The van der Waals surface area contributed by atoms with Crippen LogP contribution in [0.15, 0.2) is 12.2 Å². The van der Waals surface area contributed by atoms with Crippen LogP contribution in [0.3, 0.4) is 0 Å². The normalized spacial score (nSPS) is 31.4. The minimum Gasteiger partial charge on any atom is -0.340 e. The lowest BCUT2D eigenvalue weighted by molar-refractivity contribution is -0.137. The van der Waals surface area contributed by atoms with Gasteiger partial charge >= 0.3 is 0 Å². The van der Waals surface area contributed by atoms with E-state index in [0.717, 1.165) is 51.5 Å². The van der Waals surface area contributed by atoms with Crippen LogP contribution in [-0.4, -0.2) is 73.0 Å². The molecule has 1 aliphatic carbocycles. The molecule has 0 aromatic carbocycles. The van der Waals surface area contributed by atoms with E-state index in [9.17, 15) is 4.79 Å². The predicted octanol–water partition coefficient (Wildman–Crippen LogP) is 1.97. The number of piperazine rings is 1. The summed E-state index contributed by atoms with van der Waals surface area (Å²) in [5.41, 5.74) is 0. The number of piperidine rings is 1. The first-order valence-electron chi connectivity index (χ1n) is 9.10. The number of amides is 1. The van der Waals surface area contributed by atoms with Crippen molar-refractivity contribution in [3.05, 3.63) is 12.2 Å². The zero-order valence-electron chi connectivity index (χ0n) is 14.0. The van der Waals surface area contributed by atoms with Crippen molar-refractivity contribution in [1.29, 1.82) is 0 Å². The fourth-order valence-electron chi connectivity index (χ4n) is 4.10. The Labute approximate surface area is 135 Å². The van der Waals surface area contributed by atoms with Gasteiger partial charge in [0.05, 0.1) is 0 Å². The highest BCUT2D eigenvalue weighted by Gasteiger charge is 2.29. The van der Waals surface area contributed by atoms with Crippen LogP contribution in [0.2, 0.25) is 0 Å². The SMILES string of the molecule is CN1CCCC[C@@H]1CN1CCN(C(=O)[C@H]2CC=CCC2)CC1. The molecule has 1 amide bonds. The number of allylic oxidation sites excluding steroid dienone is 2. The third-order valence-corrected chi connectivity index (χ3v) is 5.69. The summed E-state index contributed by atoms with van der Waals surface area (Å²) in [7, 11) is 2.26. The van der Waals surface area contributed by atoms with Crippen LogP contribution in [-0.2, 0) is 4.79 Å². The molecule has 2 saturated heterocycles. The smallest absolute Gasteiger partial charge is 0.226 e. The Hall–Kier alpha value is -0.870. The van der Waals surface area contributed by atoms with Gasteiger partial charge in [0, 0.05) is 44.7 Å². The first-order valence-corrected chi connectivity index (χ1v) is 9.10. The van der Waals surface area contributed by atoms with Gasteiger partial charge in [0.2, 0.25) is 5.91 Å². The summed E-state index contributed by atoms with van der Waals surface area (Å²) in [5, 5.41) is 0. The number of carbonyl (C=O) groups is 1. The van der Waals surface area contributed by atoms with Crippen LogP contribution in [0.1, 0.15) is 38.5 Å². The molecule has 3 aliphatic rings. The molecule has 3 rings (SSSR count). The highest BCUT2D eigenvalue weighted by atomic mass is 16.2. The molecule has 0 spiro atoms. The van der Waals surface area contributed by atoms with E-state index < -0.39 is 0 Å². The van der Waals surface area contributed by atoms with E-state index in [1.165, 1.54) is 32.4 Å². The molecule has 0 aromatic heterocycles. The van der Waals surface area contributed by atoms with Gasteiger partial charge in [-0.3, -0.25) is 9.69 Å². The lowest BCUT2D eigenvalue weighted by Crippen LogP contribution is -2.53. The molecule has 0 aromatic rings. The van der Waals surface area contributed by atoms with Crippen LogP contribution in [0, 0.1) is 5.92 Å². The molecule has 2 fully saturated rings.